The lowest BCUT2D eigenvalue weighted by molar-refractivity contribution is -0.129. The van der Waals surface area contributed by atoms with E-state index in [0.29, 0.717) is 18.6 Å². The molecule has 1 aromatic carbocycles. The van der Waals surface area contributed by atoms with E-state index in [1.54, 1.807) is 0 Å². The average molecular weight is 279 g/mol. The predicted molar refractivity (Wildman–Crippen MR) is 79.6 cm³/mol. The third kappa shape index (κ3) is 5.21. The molecule has 2 N–H and O–H groups in total. The van der Waals surface area contributed by atoms with Crippen molar-refractivity contribution < 1.29 is 14.6 Å². The second kappa shape index (κ2) is 8.59. The summed E-state index contributed by atoms with van der Waals surface area (Å²) in [7, 11) is 0. The number of hydrogen-bond donors (Lipinski definition) is 2. The fourth-order valence-electron chi connectivity index (χ4n) is 1.97. The molecule has 0 spiro atoms. The van der Waals surface area contributed by atoms with Crippen molar-refractivity contribution >= 4 is 5.91 Å². The quantitative estimate of drug-likeness (QED) is 0.768. The van der Waals surface area contributed by atoms with Crippen molar-refractivity contribution in [3.63, 3.8) is 0 Å². The van der Waals surface area contributed by atoms with Crippen LogP contribution in [-0.4, -0.2) is 29.8 Å². The number of carbonyl (C=O) groups excluding carboxylic acids is 1. The highest BCUT2D eigenvalue weighted by Gasteiger charge is 2.23. The van der Waals surface area contributed by atoms with Gasteiger partial charge in [-0.05, 0) is 30.9 Å². The Hall–Kier alpha value is -1.55. The van der Waals surface area contributed by atoms with Crippen molar-refractivity contribution in [1.29, 1.82) is 0 Å². The van der Waals surface area contributed by atoms with Crippen molar-refractivity contribution in [3.8, 4) is 5.75 Å². The molecule has 112 valence electrons. The molecule has 0 aliphatic rings. The Labute approximate surface area is 121 Å². The molecule has 0 aliphatic heterocycles. The molecule has 0 heterocycles. The summed E-state index contributed by atoms with van der Waals surface area (Å²) in [5, 5.41) is 12.0. The van der Waals surface area contributed by atoms with E-state index < -0.39 is 6.10 Å². The molecule has 0 fully saturated rings. The van der Waals surface area contributed by atoms with Gasteiger partial charge in [0.2, 0.25) is 0 Å². The molecular formula is C16H25NO3. The first-order valence-electron chi connectivity index (χ1n) is 7.21. The van der Waals surface area contributed by atoms with Gasteiger partial charge in [-0.1, -0.05) is 39.0 Å². The summed E-state index contributed by atoms with van der Waals surface area (Å²) < 4.78 is 5.71. The Morgan fingerprint density at radius 1 is 1.30 bits per heavy atom. The first-order chi connectivity index (χ1) is 9.58. The highest BCUT2D eigenvalue weighted by atomic mass is 16.5. The maximum atomic E-state index is 12.3. The average Bonchev–Trinajstić information content (AvgIpc) is 2.45. The minimum Gasteiger partial charge on any atom is -0.481 e. The molecule has 2 atom stereocenters. The number of amides is 1. The second-order valence-electron chi connectivity index (χ2n) is 5.20. The normalized spacial score (nSPS) is 13.8. The van der Waals surface area contributed by atoms with Crippen molar-refractivity contribution in [1.82, 2.24) is 5.32 Å². The van der Waals surface area contributed by atoms with Crippen LogP contribution in [-0.2, 0) is 4.79 Å². The smallest absolute Gasteiger partial charge is 0.261 e. The minimum absolute atomic E-state index is 0.0269. The van der Waals surface area contributed by atoms with Crippen LogP contribution >= 0.6 is 0 Å². The van der Waals surface area contributed by atoms with E-state index in [4.69, 9.17) is 9.84 Å². The van der Waals surface area contributed by atoms with Gasteiger partial charge in [-0.25, -0.2) is 0 Å². The number of aliphatic hydroxyl groups is 1. The van der Waals surface area contributed by atoms with Gasteiger partial charge in [0.25, 0.3) is 5.91 Å². The Kier molecular flexibility index (Phi) is 7.09. The van der Waals surface area contributed by atoms with E-state index in [0.717, 1.165) is 0 Å². The first-order valence-corrected chi connectivity index (χ1v) is 7.21. The van der Waals surface area contributed by atoms with E-state index in [1.165, 1.54) is 0 Å². The van der Waals surface area contributed by atoms with E-state index in [1.807, 2.05) is 51.1 Å². The number of benzene rings is 1. The molecule has 0 aliphatic carbocycles. The SMILES string of the molecule is CCC(Oc1ccccc1)C(=O)NC(CCO)C(C)C. The van der Waals surface area contributed by atoms with E-state index in [2.05, 4.69) is 5.32 Å². The highest BCUT2D eigenvalue weighted by molar-refractivity contribution is 5.81. The van der Waals surface area contributed by atoms with Crippen LogP contribution in [0.15, 0.2) is 30.3 Å². The van der Waals surface area contributed by atoms with Crippen LogP contribution in [0.5, 0.6) is 5.75 Å². The number of ether oxygens (including phenoxy) is 1. The molecule has 0 radical (unpaired) electrons. The van der Waals surface area contributed by atoms with Gasteiger partial charge in [-0.2, -0.15) is 0 Å². The van der Waals surface area contributed by atoms with E-state index in [9.17, 15) is 4.79 Å². The molecule has 0 bridgehead atoms. The number of hydrogen-bond acceptors (Lipinski definition) is 3. The molecule has 1 rings (SSSR count). The van der Waals surface area contributed by atoms with Crippen LogP contribution in [0.25, 0.3) is 0 Å². The molecular weight excluding hydrogens is 254 g/mol. The lowest BCUT2D eigenvalue weighted by Gasteiger charge is -2.25. The molecule has 0 saturated carbocycles. The van der Waals surface area contributed by atoms with Gasteiger partial charge in [0.15, 0.2) is 6.10 Å². The fourth-order valence-corrected chi connectivity index (χ4v) is 1.97. The molecule has 2 unspecified atom stereocenters. The van der Waals surface area contributed by atoms with E-state index in [-0.39, 0.29) is 24.5 Å². The number of para-hydroxylation sites is 1. The highest BCUT2D eigenvalue weighted by Crippen LogP contribution is 2.13. The number of carbonyl (C=O) groups is 1. The summed E-state index contributed by atoms with van der Waals surface area (Å²) in [4.78, 5) is 12.3. The zero-order valence-corrected chi connectivity index (χ0v) is 12.5. The summed E-state index contributed by atoms with van der Waals surface area (Å²) in [5.41, 5.74) is 0. The van der Waals surface area contributed by atoms with Crippen LogP contribution < -0.4 is 10.1 Å². The van der Waals surface area contributed by atoms with Gasteiger partial charge < -0.3 is 15.2 Å². The number of nitrogens with one attached hydrogen (secondary N) is 1. The van der Waals surface area contributed by atoms with E-state index >= 15 is 0 Å². The summed E-state index contributed by atoms with van der Waals surface area (Å²) in [6, 6.07) is 9.31. The van der Waals surface area contributed by atoms with Gasteiger partial charge in [0, 0.05) is 12.6 Å². The summed E-state index contributed by atoms with van der Waals surface area (Å²) in [5.74, 6) is 0.849. The lowest BCUT2D eigenvalue weighted by atomic mass is 10.0. The summed E-state index contributed by atoms with van der Waals surface area (Å²) in [6.45, 7) is 6.04. The zero-order chi connectivity index (χ0) is 15.0. The number of aliphatic hydroxyl groups excluding tert-OH is 1. The number of rotatable bonds is 8. The Morgan fingerprint density at radius 2 is 1.95 bits per heavy atom. The maximum Gasteiger partial charge on any atom is 0.261 e. The Morgan fingerprint density at radius 3 is 2.45 bits per heavy atom. The van der Waals surface area contributed by atoms with Crippen LogP contribution in [0.1, 0.15) is 33.6 Å². The molecule has 0 aromatic heterocycles. The lowest BCUT2D eigenvalue weighted by Crippen LogP contribution is -2.46. The van der Waals surface area contributed by atoms with Crippen molar-refractivity contribution in [3.05, 3.63) is 30.3 Å². The van der Waals surface area contributed by atoms with Gasteiger partial charge in [-0.3, -0.25) is 4.79 Å². The topological polar surface area (TPSA) is 58.6 Å². The second-order valence-corrected chi connectivity index (χ2v) is 5.20. The molecule has 0 saturated heterocycles. The molecule has 4 heteroatoms. The van der Waals surface area contributed by atoms with Crippen LogP contribution in [0, 0.1) is 5.92 Å². The van der Waals surface area contributed by atoms with Crippen LogP contribution in [0.2, 0.25) is 0 Å². The monoisotopic (exact) mass is 279 g/mol. The molecule has 1 amide bonds. The Balaban J connectivity index is 2.62. The molecule has 4 nitrogen and oxygen atoms in total. The minimum atomic E-state index is -0.502. The predicted octanol–water partition coefficient (Wildman–Crippen LogP) is 2.37. The van der Waals surface area contributed by atoms with Crippen molar-refractivity contribution in [2.75, 3.05) is 6.61 Å². The summed E-state index contributed by atoms with van der Waals surface area (Å²) in [6.07, 6.45) is 0.660. The van der Waals surface area contributed by atoms with Gasteiger partial charge >= 0.3 is 0 Å². The van der Waals surface area contributed by atoms with Crippen LogP contribution in [0.3, 0.4) is 0 Å². The van der Waals surface area contributed by atoms with Crippen molar-refractivity contribution in [2.24, 2.45) is 5.92 Å². The Bertz CT molecular complexity index is 392. The van der Waals surface area contributed by atoms with Gasteiger partial charge in [0.1, 0.15) is 5.75 Å². The third-order valence-electron chi connectivity index (χ3n) is 3.26. The van der Waals surface area contributed by atoms with Gasteiger partial charge in [-0.15, -0.1) is 0 Å². The standard InChI is InChI=1S/C16H25NO3/c1-4-15(20-13-8-6-5-7-9-13)16(19)17-14(10-11-18)12(2)3/h5-9,12,14-15,18H,4,10-11H2,1-3H3,(H,17,19). The third-order valence-corrected chi connectivity index (χ3v) is 3.26. The largest absolute Gasteiger partial charge is 0.481 e. The fraction of sp³-hybridized carbons (Fsp3) is 0.562. The first kappa shape index (κ1) is 16.5. The summed E-state index contributed by atoms with van der Waals surface area (Å²) >= 11 is 0. The molecule has 20 heavy (non-hydrogen) atoms. The van der Waals surface area contributed by atoms with Crippen LogP contribution in [0.4, 0.5) is 0 Å². The zero-order valence-electron chi connectivity index (χ0n) is 12.5. The van der Waals surface area contributed by atoms with Crippen molar-refractivity contribution in [2.45, 2.75) is 45.8 Å². The maximum absolute atomic E-state index is 12.3. The molecule has 1 aromatic rings. The van der Waals surface area contributed by atoms with Gasteiger partial charge in [0.05, 0.1) is 0 Å².